The van der Waals surface area contributed by atoms with E-state index < -0.39 is 0 Å². The van der Waals surface area contributed by atoms with E-state index in [2.05, 4.69) is 0 Å². The molecule has 0 radical (unpaired) electrons. The van der Waals surface area contributed by atoms with E-state index in [4.69, 9.17) is 14.9 Å². The lowest BCUT2D eigenvalue weighted by atomic mass is 9.89. The zero-order valence-electron chi connectivity index (χ0n) is 12.9. The van der Waals surface area contributed by atoms with Crippen LogP contribution in [0.25, 0.3) is 0 Å². The molecule has 0 amide bonds. The highest BCUT2D eigenvalue weighted by Gasteiger charge is 2.16. The van der Waals surface area contributed by atoms with Gasteiger partial charge in [-0.1, -0.05) is 38.5 Å². The predicted octanol–water partition coefficient (Wildman–Crippen LogP) is 3.38. The number of hydrogen-bond donors (Lipinski definition) is 2. The summed E-state index contributed by atoms with van der Waals surface area (Å²) in [5, 5.41) is 14.0. The van der Waals surface area contributed by atoms with Crippen molar-refractivity contribution in [3.8, 4) is 0 Å². The molecule has 0 bridgehead atoms. The second-order valence-corrected chi connectivity index (χ2v) is 5.55. The van der Waals surface area contributed by atoms with Gasteiger partial charge in [0.1, 0.15) is 0 Å². The molecular weight excluding hydrogens is 240 g/mol. The second-order valence-electron chi connectivity index (χ2n) is 5.55. The van der Waals surface area contributed by atoms with Gasteiger partial charge in [0, 0.05) is 27.4 Å². The van der Waals surface area contributed by atoms with E-state index in [1.807, 2.05) is 0 Å². The smallest absolute Gasteiger partial charge is 0.0494 e. The summed E-state index contributed by atoms with van der Waals surface area (Å²) in [5.74, 6) is 1.78. The molecule has 116 valence electrons. The Bertz CT molecular complexity index is 143. The summed E-state index contributed by atoms with van der Waals surface area (Å²) in [5.41, 5.74) is 0. The molecule has 2 N–H and O–H groups in total. The second kappa shape index (κ2) is 14.3. The minimum absolute atomic E-state index is 0.891. The van der Waals surface area contributed by atoms with Crippen molar-refractivity contribution in [2.24, 2.45) is 11.8 Å². The molecule has 2 saturated carbocycles. The molecule has 0 saturated heterocycles. The van der Waals surface area contributed by atoms with Crippen LogP contribution >= 0.6 is 0 Å². The molecule has 2 rings (SSSR count). The number of ether oxygens (including phenoxy) is 1. The van der Waals surface area contributed by atoms with Crippen LogP contribution in [0.2, 0.25) is 0 Å². The van der Waals surface area contributed by atoms with Gasteiger partial charge in [-0.25, -0.2) is 0 Å². The van der Waals surface area contributed by atoms with Crippen LogP contribution in [0.4, 0.5) is 0 Å². The van der Waals surface area contributed by atoms with Crippen molar-refractivity contribution in [3.05, 3.63) is 0 Å². The molecule has 19 heavy (non-hydrogen) atoms. The fourth-order valence-electron chi connectivity index (χ4n) is 3.11. The third-order valence-corrected chi connectivity index (χ3v) is 4.16. The number of aliphatic hydroxyl groups excluding tert-OH is 2. The molecule has 0 atom stereocenters. The fraction of sp³-hybridized carbons (Fsp3) is 1.00. The maximum absolute atomic E-state index is 7.00. The minimum atomic E-state index is 0.891. The molecule has 3 nitrogen and oxygen atoms in total. The number of rotatable bonds is 4. The molecule has 2 fully saturated rings. The molecule has 0 spiro atoms. The van der Waals surface area contributed by atoms with Crippen LogP contribution in [-0.4, -0.2) is 37.6 Å². The Morgan fingerprint density at radius 3 is 1.26 bits per heavy atom. The highest BCUT2D eigenvalue weighted by molar-refractivity contribution is 4.67. The SMILES string of the molecule is C1CCC(COCC2CCCCC2)CC1.CO.CO. The normalized spacial score (nSPS) is 20.8. The maximum Gasteiger partial charge on any atom is 0.0494 e. The Hall–Kier alpha value is -0.120. The first-order valence-corrected chi connectivity index (χ1v) is 7.92. The third kappa shape index (κ3) is 9.42. The zero-order valence-corrected chi connectivity index (χ0v) is 12.9. The average molecular weight is 274 g/mol. The van der Waals surface area contributed by atoms with Crippen molar-refractivity contribution in [1.82, 2.24) is 0 Å². The van der Waals surface area contributed by atoms with Gasteiger partial charge >= 0.3 is 0 Å². The van der Waals surface area contributed by atoms with Crippen molar-refractivity contribution in [1.29, 1.82) is 0 Å². The lowest BCUT2D eigenvalue weighted by Crippen LogP contribution is -2.18. The van der Waals surface area contributed by atoms with Gasteiger partial charge in [-0.2, -0.15) is 0 Å². The Balaban J connectivity index is 0.000000741. The van der Waals surface area contributed by atoms with Gasteiger partial charge in [0.15, 0.2) is 0 Å². The monoisotopic (exact) mass is 274 g/mol. The first-order chi connectivity index (χ1) is 9.45. The van der Waals surface area contributed by atoms with E-state index in [1.54, 1.807) is 0 Å². The van der Waals surface area contributed by atoms with E-state index in [9.17, 15) is 0 Å². The van der Waals surface area contributed by atoms with Crippen molar-refractivity contribution in [2.45, 2.75) is 64.2 Å². The van der Waals surface area contributed by atoms with Crippen LogP contribution in [0.3, 0.4) is 0 Å². The number of hydrogen-bond acceptors (Lipinski definition) is 3. The topological polar surface area (TPSA) is 49.7 Å². The van der Waals surface area contributed by atoms with Gasteiger partial charge in [0.2, 0.25) is 0 Å². The molecule has 0 aliphatic heterocycles. The first kappa shape index (κ1) is 18.9. The predicted molar refractivity (Wildman–Crippen MR) is 80.3 cm³/mol. The maximum atomic E-state index is 7.00. The van der Waals surface area contributed by atoms with Gasteiger partial charge in [0.25, 0.3) is 0 Å². The van der Waals surface area contributed by atoms with Gasteiger partial charge in [-0.15, -0.1) is 0 Å². The molecule has 0 unspecified atom stereocenters. The van der Waals surface area contributed by atoms with Crippen LogP contribution in [-0.2, 0) is 4.74 Å². The van der Waals surface area contributed by atoms with E-state index in [0.717, 1.165) is 39.3 Å². The highest BCUT2D eigenvalue weighted by Crippen LogP contribution is 2.26. The Morgan fingerprint density at radius 1 is 0.632 bits per heavy atom. The van der Waals surface area contributed by atoms with Crippen LogP contribution in [0.15, 0.2) is 0 Å². The van der Waals surface area contributed by atoms with Crippen molar-refractivity contribution in [2.75, 3.05) is 27.4 Å². The van der Waals surface area contributed by atoms with Crippen LogP contribution in [0, 0.1) is 11.8 Å². The summed E-state index contributed by atoms with van der Waals surface area (Å²) < 4.78 is 5.91. The summed E-state index contributed by atoms with van der Waals surface area (Å²) >= 11 is 0. The molecule has 0 aromatic heterocycles. The summed E-state index contributed by atoms with van der Waals surface area (Å²) in [6.45, 7) is 2.10. The molecule has 2 aliphatic rings. The van der Waals surface area contributed by atoms with Gasteiger partial charge in [-0.05, 0) is 37.5 Å². The summed E-state index contributed by atoms with van der Waals surface area (Å²) in [6.07, 6.45) is 14.4. The molecule has 0 aromatic carbocycles. The lowest BCUT2D eigenvalue weighted by Gasteiger charge is -2.25. The third-order valence-electron chi connectivity index (χ3n) is 4.16. The van der Waals surface area contributed by atoms with Crippen molar-refractivity contribution in [3.63, 3.8) is 0 Å². The molecule has 0 aromatic rings. The van der Waals surface area contributed by atoms with Crippen molar-refractivity contribution >= 4 is 0 Å². The fourth-order valence-corrected chi connectivity index (χ4v) is 3.11. The Kier molecular flexibility index (Phi) is 14.2. The zero-order chi connectivity index (χ0) is 14.3. The van der Waals surface area contributed by atoms with E-state index in [-0.39, 0.29) is 0 Å². The van der Waals surface area contributed by atoms with Gasteiger partial charge in [0.05, 0.1) is 0 Å². The van der Waals surface area contributed by atoms with Gasteiger partial charge in [-0.3, -0.25) is 0 Å². The van der Waals surface area contributed by atoms with Crippen LogP contribution < -0.4 is 0 Å². The minimum Gasteiger partial charge on any atom is -0.400 e. The van der Waals surface area contributed by atoms with Crippen LogP contribution in [0.1, 0.15) is 64.2 Å². The average Bonchev–Trinajstić information content (AvgIpc) is 2.53. The largest absolute Gasteiger partial charge is 0.400 e. The standard InChI is InChI=1S/C14H26O.2CH4O/c1-3-7-13(8-4-1)11-15-12-14-9-5-2-6-10-14;2*1-2/h13-14H,1-12H2;2*2H,1H3. The lowest BCUT2D eigenvalue weighted by molar-refractivity contribution is 0.0508. The molecule has 3 heteroatoms. The summed E-state index contributed by atoms with van der Waals surface area (Å²) in [7, 11) is 2.00. The van der Waals surface area contributed by atoms with E-state index in [1.165, 1.54) is 64.2 Å². The van der Waals surface area contributed by atoms with Gasteiger partial charge < -0.3 is 14.9 Å². The molecular formula is C16H34O3. The quantitative estimate of drug-likeness (QED) is 0.826. The van der Waals surface area contributed by atoms with Crippen LogP contribution in [0.5, 0.6) is 0 Å². The highest BCUT2D eigenvalue weighted by atomic mass is 16.5. The number of aliphatic hydroxyl groups is 2. The summed E-state index contributed by atoms with van der Waals surface area (Å²) in [4.78, 5) is 0. The molecule has 0 heterocycles. The van der Waals surface area contributed by atoms with E-state index in [0.29, 0.717) is 0 Å². The Morgan fingerprint density at radius 2 is 0.947 bits per heavy atom. The summed E-state index contributed by atoms with van der Waals surface area (Å²) in [6, 6.07) is 0. The Labute approximate surface area is 119 Å². The van der Waals surface area contributed by atoms with E-state index >= 15 is 0 Å². The van der Waals surface area contributed by atoms with Crippen molar-refractivity contribution < 1.29 is 14.9 Å². The molecule has 2 aliphatic carbocycles. The first-order valence-electron chi connectivity index (χ1n) is 7.92.